The number of rotatable bonds is 13. The van der Waals surface area contributed by atoms with E-state index in [0.29, 0.717) is 6.42 Å². The Morgan fingerprint density at radius 3 is 2.04 bits per heavy atom. The number of nitrogens with two attached hydrogens (primary N) is 1. The van der Waals surface area contributed by atoms with Crippen molar-refractivity contribution in [3.05, 3.63) is 36.5 Å². The summed E-state index contributed by atoms with van der Waals surface area (Å²) in [6.07, 6.45) is 23.2. The molecule has 0 aromatic heterocycles. The second-order valence-corrected chi connectivity index (χ2v) is 5.51. The molecular formula is C19H32N2O2. The number of hydrogen-bond donors (Lipinski definition) is 2. The summed E-state index contributed by atoms with van der Waals surface area (Å²) in [5.41, 5.74) is 4.86. The SMILES string of the molecule is CC/C=C\C/C=C\C/C=C\CCCCCCCC(=O)NC(N)=O. The van der Waals surface area contributed by atoms with E-state index in [9.17, 15) is 9.59 Å². The topological polar surface area (TPSA) is 72.2 Å². The van der Waals surface area contributed by atoms with Crippen LogP contribution in [-0.2, 0) is 4.79 Å². The summed E-state index contributed by atoms with van der Waals surface area (Å²) >= 11 is 0. The number of hydrogen-bond acceptors (Lipinski definition) is 2. The van der Waals surface area contributed by atoms with E-state index in [1.54, 1.807) is 0 Å². The minimum atomic E-state index is -0.769. The second kappa shape index (κ2) is 16.5. The fourth-order valence-corrected chi connectivity index (χ4v) is 2.10. The highest BCUT2D eigenvalue weighted by atomic mass is 16.2. The fourth-order valence-electron chi connectivity index (χ4n) is 2.10. The molecule has 0 radical (unpaired) electrons. The molecule has 130 valence electrons. The third-order valence-electron chi connectivity index (χ3n) is 3.32. The van der Waals surface area contributed by atoms with Gasteiger partial charge in [0.1, 0.15) is 0 Å². The number of unbranched alkanes of at least 4 members (excludes halogenated alkanes) is 5. The Balaban J connectivity index is 3.32. The third kappa shape index (κ3) is 18.1. The van der Waals surface area contributed by atoms with Crippen molar-refractivity contribution in [3.8, 4) is 0 Å². The van der Waals surface area contributed by atoms with E-state index < -0.39 is 6.03 Å². The van der Waals surface area contributed by atoms with E-state index in [-0.39, 0.29) is 5.91 Å². The van der Waals surface area contributed by atoms with Crippen LogP contribution < -0.4 is 11.1 Å². The Labute approximate surface area is 140 Å². The van der Waals surface area contributed by atoms with Crippen LogP contribution in [0.15, 0.2) is 36.5 Å². The number of nitrogens with one attached hydrogen (secondary N) is 1. The maximum atomic E-state index is 11.2. The van der Waals surface area contributed by atoms with Crippen molar-refractivity contribution in [1.82, 2.24) is 5.32 Å². The standard InChI is InChI=1S/C19H32N2O2/c1-2-3-4-5-6-7-8-9-10-11-12-13-14-15-16-17-18(22)21-19(20)23/h3-4,6-7,9-10H,2,5,8,11-17H2,1H3,(H3,20,21,22,23)/b4-3-,7-6-,10-9-. The lowest BCUT2D eigenvalue weighted by Gasteiger charge is -2.01. The van der Waals surface area contributed by atoms with Gasteiger partial charge in [-0.1, -0.05) is 62.6 Å². The molecular weight excluding hydrogens is 288 g/mol. The molecule has 4 nitrogen and oxygen atoms in total. The predicted octanol–water partition coefficient (Wildman–Crippen LogP) is 4.77. The molecule has 0 aromatic carbocycles. The molecule has 3 amide bonds. The highest BCUT2D eigenvalue weighted by molar-refractivity contribution is 5.93. The Morgan fingerprint density at radius 2 is 1.39 bits per heavy atom. The van der Waals surface area contributed by atoms with Crippen LogP contribution in [0.25, 0.3) is 0 Å². The summed E-state index contributed by atoms with van der Waals surface area (Å²) in [5.74, 6) is -0.279. The first-order chi connectivity index (χ1) is 11.2. The zero-order chi connectivity index (χ0) is 17.2. The summed E-state index contributed by atoms with van der Waals surface area (Å²) in [6, 6.07) is -0.769. The van der Waals surface area contributed by atoms with Gasteiger partial charge in [0.05, 0.1) is 0 Å². The number of primary amides is 1. The third-order valence-corrected chi connectivity index (χ3v) is 3.32. The Hall–Kier alpha value is -1.84. The van der Waals surface area contributed by atoms with Crippen molar-refractivity contribution in [1.29, 1.82) is 0 Å². The summed E-state index contributed by atoms with van der Waals surface area (Å²) < 4.78 is 0. The summed E-state index contributed by atoms with van der Waals surface area (Å²) in [7, 11) is 0. The summed E-state index contributed by atoms with van der Waals surface area (Å²) in [6.45, 7) is 2.14. The van der Waals surface area contributed by atoms with Crippen LogP contribution in [0.5, 0.6) is 0 Å². The van der Waals surface area contributed by atoms with Crippen LogP contribution in [0.2, 0.25) is 0 Å². The number of amides is 3. The quantitative estimate of drug-likeness (QED) is 0.379. The number of imide groups is 1. The highest BCUT2D eigenvalue weighted by Crippen LogP contribution is 2.07. The molecule has 0 fully saturated rings. The van der Waals surface area contributed by atoms with E-state index in [1.807, 2.05) is 0 Å². The monoisotopic (exact) mass is 320 g/mol. The molecule has 0 aliphatic rings. The van der Waals surface area contributed by atoms with Gasteiger partial charge in [0.25, 0.3) is 0 Å². The molecule has 0 rings (SSSR count). The average Bonchev–Trinajstić information content (AvgIpc) is 2.50. The van der Waals surface area contributed by atoms with Gasteiger partial charge in [-0.2, -0.15) is 0 Å². The minimum Gasteiger partial charge on any atom is -0.351 e. The van der Waals surface area contributed by atoms with Gasteiger partial charge >= 0.3 is 6.03 Å². The molecule has 0 spiro atoms. The van der Waals surface area contributed by atoms with Crippen molar-refractivity contribution < 1.29 is 9.59 Å². The van der Waals surface area contributed by atoms with Crippen molar-refractivity contribution in [2.45, 2.75) is 71.1 Å². The van der Waals surface area contributed by atoms with Gasteiger partial charge in [-0.3, -0.25) is 10.1 Å². The van der Waals surface area contributed by atoms with E-state index in [1.165, 1.54) is 12.8 Å². The van der Waals surface area contributed by atoms with Crippen LogP contribution in [0.4, 0.5) is 4.79 Å². The van der Waals surface area contributed by atoms with E-state index >= 15 is 0 Å². The lowest BCUT2D eigenvalue weighted by Crippen LogP contribution is -2.34. The maximum Gasteiger partial charge on any atom is 0.318 e. The van der Waals surface area contributed by atoms with Crippen LogP contribution >= 0.6 is 0 Å². The molecule has 0 heterocycles. The van der Waals surface area contributed by atoms with Gasteiger partial charge < -0.3 is 5.73 Å². The maximum absolute atomic E-state index is 11.2. The molecule has 0 aromatic rings. The zero-order valence-electron chi connectivity index (χ0n) is 14.4. The number of allylic oxidation sites excluding steroid dienone is 6. The molecule has 0 aliphatic heterocycles. The van der Waals surface area contributed by atoms with Crippen molar-refractivity contribution in [3.63, 3.8) is 0 Å². The number of carbonyl (C=O) groups excluding carboxylic acids is 2. The molecule has 0 saturated carbocycles. The molecule has 4 heteroatoms. The lowest BCUT2D eigenvalue weighted by atomic mass is 10.1. The van der Waals surface area contributed by atoms with Crippen LogP contribution in [0, 0.1) is 0 Å². The van der Waals surface area contributed by atoms with Crippen LogP contribution in [0.1, 0.15) is 71.1 Å². The van der Waals surface area contributed by atoms with Gasteiger partial charge in [-0.15, -0.1) is 0 Å². The van der Waals surface area contributed by atoms with Gasteiger partial charge in [-0.05, 0) is 38.5 Å². The van der Waals surface area contributed by atoms with Gasteiger partial charge in [0, 0.05) is 6.42 Å². The average molecular weight is 320 g/mol. The number of carbonyl (C=O) groups is 2. The smallest absolute Gasteiger partial charge is 0.318 e. The molecule has 0 bridgehead atoms. The van der Waals surface area contributed by atoms with E-state index in [2.05, 4.69) is 48.7 Å². The molecule has 3 N–H and O–H groups in total. The number of urea groups is 1. The van der Waals surface area contributed by atoms with Crippen molar-refractivity contribution in [2.75, 3.05) is 0 Å². The second-order valence-electron chi connectivity index (χ2n) is 5.51. The first kappa shape index (κ1) is 21.2. The van der Waals surface area contributed by atoms with Crippen molar-refractivity contribution >= 4 is 11.9 Å². The molecule has 0 saturated heterocycles. The van der Waals surface area contributed by atoms with Gasteiger partial charge in [-0.25, -0.2) is 4.79 Å². The lowest BCUT2D eigenvalue weighted by molar-refractivity contribution is -0.120. The first-order valence-electron chi connectivity index (χ1n) is 8.71. The Morgan fingerprint density at radius 1 is 0.826 bits per heavy atom. The predicted molar refractivity (Wildman–Crippen MR) is 97.0 cm³/mol. The van der Waals surface area contributed by atoms with Crippen LogP contribution in [0.3, 0.4) is 0 Å². The Kier molecular flexibility index (Phi) is 15.2. The van der Waals surface area contributed by atoms with E-state index in [0.717, 1.165) is 44.9 Å². The normalized spacial score (nSPS) is 11.7. The first-order valence-corrected chi connectivity index (χ1v) is 8.71. The highest BCUT2D eigenvalue weighted by Gasteiger charge is 2.02. The summed E-state index contributed by atoms with van der Waals surface area (Å²) in [4.78, 5) is 21.6. The molecule has 23 heavy (non-hydrogen) atoms. The van der Waals surface area contributed by atoms with E-state index in [4.69, 9.17) is 5.73 Å². The molecule has 0 unspecified atom stereocenters. The summed E-state index contributed by atoms with van der Waals surface area (Å²) in [5, 5.41) is 2.07. The van der Waals surface area contributed by atoms with Crippen LogP contribution in [-0.4, -0.2) is 11.9 Å². The van der Waals surface area contributed by atoms with Gasteiger partial charge in [0.15, 0.2) is 0 Å². The van der Waals surface area contributed by atoms with Crippen molar-refractivity contribution in [2.24, 2.45) is 5.73 Å². The molecule has 0 atom stereocenters. The Bertz CT molecular complexity index is 398. The fraction of sp³-hybridized carbons (Fsp3) is 0.579. The molecule has 0 aliphatic carbocycles. The zero-order valence-corrected chi connectivity index (χ0v) is 14.4. The largest absolute Gasteiger partial charge is 0.351 e. The van der Waals surface area contributed by atoms with Gasteiger partial charge in [0.2, 0.25) is 5.91 Å². The minimum absolute atomic E-state index is 0.279.